The number of aliphatic hydroxyl groups excluding tert-OH is 1. The third-order valence-electron chi connectivity index (χ3n) is 5.80. The molecule has 5 nitrogen and oxygen atoms in total. The van der Waals surface area contributed by atoms with Crippen LogP contribution in [0.1, 0.15) is 77.6 Å². The van der Waals surface area contributed by atoms with Gasteiger partial charge >= 0.3 is 0 Å². The highest BCUT2D eigenvalue weighted by atomic mass is 16.3. The lowest BCUT2D eigenvalue weighted by Gasteiger charge is -2.30. The molecule has 1 aliphatic rings. The molecule has 5 heteroatoms. The lowest BCUT2D eigenvalue weighted by atomic mass is 9.84. The maximum Gasteiger partial charge on any atom is 0.268 e. The van der Waals surface area contributed by atoms with Crippen LogP contribution in [0.5, 0.6) is 0 Å². The number of nitrogens with one attached hydrogen (secondary N) is 1. The van der Waals surface area contributed by atoms with E-state index in [1.54, 1.807) is 0 Å². The Bertz CT molecular complexity index is 546. The van der Waals surface area contributed by atoms with E-state index in [1.165, 1.54) is 38.5 Å². The normalized spacial score (nSPS) is 17.1. The fourth-order valence-corrected chi connectivity index (χ4v) is 4.06. The van der Waals surface area contributed by atoms with Gasteiger partial charge in [-0.15, -0.1) is 0 Å². The van der Waals surface area contributed by atoms with Gasteiger partial charge in [0.2, 0.25) is 0 Å². The largest absolute Gasteiger partial charge is 0.382 e. The Morgan fingerprint density at radius 1 is 1.14 bits per heavy atom. The standard InChI is InChI=1S/C23H39N3O2/c1-2-3-4-5-12-17-26(20-15-10-7-11-16-20)25-23(28)22(27)21(24)18-19-13-8-6-9-14-19/h7,10-11,15-16,19,21-22,27H,2-6,8-9,12-14,17-18,24H2,1H3,(H,25,28). The number of amides is 1. The number of aliphatic hydroxyl groups is 1. The number of para-hydroxylation sites is 1. The Labute approximate surface area is 170 Å². The van der Waals surface area contributed by atoms with Crippen molar-refractivity contribution in [1.29, 1.82) is 0 Å². The van der Waals surface area contributed by atoms with Gasteiger partial charge in [-0.1, -0.05) is 82.9 Å². The first-order valence-electron chi connectivity index (χ1n) is 11.2. The molecule has 1 fully saturated rings. The van der Waals surface area contributed by atoms with Crippen molar-refractivity contribution >= 4 is 11.6 Å². The van der Waals surface area contributed by atoms with Gasteiger partial charge in [-0.3, -0.25) is 15.2 Å². The second kappa shape index (κ2) is 12.8. The molecule has 4 N–H and O–H groups in total. The number of benzene rings is 1. The molecule has 1 amide bonds. The van der Waals surface area contributed by atoms with E-state index in [0.29, 0.717) is 5.92 Å². The fraction of sp³-hybridized carbons (Fsp3) is 0.696. The van der Waals surface area contributed by atoms with Gasteiger partial charge in [0.05, 0.1) is 5.69 Å². The molecule has 1 saturated carbocycles. The van der Waals surface area contributed by atoms with E-state index >= 15 is 0 Å². The van der Waals surface area contributed by atoms with Crippen LogP contribution < -0.4 is 16.2 Å². The van der Waals surface area contributed by atoms with Gasteiger partial charge in [-0.25, -0.2) is 0 Å². The van der Waals surface area contributed by atoms with Crippen LogP contribution in [0.2, 0.25) is 0 Å². The third kappa shape index (κ3) is 7.80. The molecule has 2 atom stereocenters. The van der Waals surface area contributed by atoms with Crippen molar-refractivity contribution in [1.82, 2.24) is 5.43 Å². The number of nitrogens with two attached hydrogens (primary N) is 1. The number of unbranched alkanes of at least 4 members (excludes halogenated alkanes) is 4. The van der Waals surface area contributed by atoms with Crippen molar-refractivity contribution in [3.63, 3.8) is 0 Å². The SMILES string of the molecule is CCCCCCCN(NC(=O)C(O)C(N)CC1CCCCC1)c1ccccc1. The second-order valence-corrected chi connectivity index (χ2v) is 8.23. The van der Waals surface area contributed by atoms with Crippen LogP contribution in [0, 0.1) is 5.92 Å². The van der Waals surface area contributed by atoms with Crippen molar-refractivity contribution in [2.45, 2.75) is 89.7 Å². The van der Waals surface area contributed by atoms with Crippen LogP contribution in [0.3, 0.4) is 0 Å². The summed E-state index contributed by atoms with van der Waals surface area (Å²) in [6, 6.07) is 9.31. The van der Waals surface area contributed by atoms with E-state index in [2.05, 4.69) is 12.3 Å². The summed E-state index contributed by atoms with van der Waals surface area (Å²) >= 11 is 0. The minimum absolute atomic E-state index is 0.402. The average molecular weight is 390 g/mol. The summed E-state index contributed by atoms with van der Waals surface area (Å²) in [7, 11) is 0. The van der Waals surface area contributed by atoms with Gasteiger partial charge in [0, 0.05) is 12.6 Å². The van der Waals surface area contributed by atoms with E-state index < -0.39 is 18.1 Å². The highest BCUT2D eigenvalue weighted by Gasteiger charge is 2.27. The number of hydrazine groups is 1. The Balaban J connectivity index is 1.88. The van der Waals surface area contributed by atoms with Gasteiger partial charge in [0.15, 0.2) is 0 Å². The topological polar surface area (TPSA) is 78.6 Å². The third-order valence-corrected chi connectivity index (χ3v) is 5.80. The zero-order valence-corrected chi connectivity index (χ0v) is 17.5. The summed E-state index contributed by atoms with van der Waals surface area (Å²) in [5, 5.41) is 12.3. The molecule has 0 aromatic heterocycles. The fourth-order valence-electron chi connectivity index (χ4n) is 4.06. The van der Waals surface area contributed by atoms with Crippen LogP contribution >= 0.6 is 0 Å². The molecule has 1 aromatic carbocycles. The van der Waals surface area contributed by atoms with Crippen LogP contribution in [0.15, 0.2) is 30.3 Å². The molecule has 2 unspecified atom stereocenters. The molecule has 0 heterocycles. The highest BCUT2D eigenvalue weighted by Crippen LogP contribution is 2.27. The van der Waals surface area contributed by atoms with Gasteiger partial charge in [-0.05, 0) is 30.9 Å². The maximum atomic E-state index is 12.7. The minimum Gasteiger partial charge on any atom is -0.382 e. The molecule has 2 rings (SSSR count). The minimum atomic E-state index is -1.17. The van der Waals surface area contributed by atoms with E-state index in [-0.39, 0.29) is 0 Å². The second-order valence-electron chi connectivity index (χ2n) is 8.23. The smallest absolute Gasteiger partial charge is 0.268 e. The molecule has 0 radical (unpaired) electrons. The Kier molecular flexibility index (Phi) is 10.4. The lowest BCUT2D eigenvalue weighted by Crippen LogP contribution is -2.53. The predicted octanol–water partition coefficient (Wildman–Crippen LogP) is 4.15. The summed E-state index contributed by atoms with van der Waals surface area (Å²) in [6.07, 6.45) is 11.4. The van der Waals surface area contributed by atoms with Crippen molar-refractivity contribution in [2.75, 3.05) is 11.6 Å². The van der Waals surface area contributed by atoms with Crippen molar-refractivity contribution < 1.29 is 9.90 Å². The molecule has 0 spiro atoms. The van der Waals surface area contributed by atoms with Gasteiger partial charge in [0.25, 0.3) is 5.91 Å². The van der Waals surface area contributed by atoms with E-state index in [1.807, 2.05) is 35.3 Å². The van der Waals surface area contributed by atoms with Crippen LogP contribution in [0.25, 0.3) is 0 Å². The van der Waals surface area contributed by atoms with Crippen molar-refractivity contribution in [3.8, 4) is 0 Å². The number of hydrogen-bond acceptors (Lipinski definition) is 4. The number of hydrogen-bond donors (Lipinski definition) is 3. The van der Waals surface area contributed by atoms with Crippen molar-refractivity contribution in [2.24, 2.45) is 11.7 Å². The summed E-state index contributed by atoms with van der Waals surface area (Å²) in [5.74, 6) is 0.135. The first-order chi connectivity index (χ1) is 13.6. The van der Waals surface area contributed by atoms with E-state index in [0.717, 1.165) is 44.3 Å². The summed E-state index contributed by atoms with van der Waals surface area (Å²) < 4.78 is 0. The van der Waals surface area contributed by atoms with E-state index in [9.17, 15) is 9.90 Å². The quantitative estimate of drug-likeness (QED) is 0.371. The number of carbonyl (C=O) groups excluding carboxylic acids is 1. The Hall–Kier alpha value is -1.59. The van der Waals surface area contributed by atoms with Gasteiger partial charge in [0.1, 0.15) is 6.10 Å². The zero-order chi connectivity index (χ0) is 20.2. The molecule has 28 heavy (non-hydrogen) atoms. The molecule has 1 aromatic rings. The number of carbonyl (C=O) groups is 1. The van der Waals surface area contributed by atoms with Gasteiger partial charge < -0.3 is 10.8 Å². The summed E-state index contributed by atoms with van der Waals surface area (Å²) in [4.78, 5) is 12.7. The average Bonchev–Trinajstić information content (AvgIpc) is 2.73. The van der Waals surface area contributed by atoms with E-state index in [4.69, 9.17) is 5.73 Å². The van der Waals surface area contributed by atoms with Crippen LogP contribution in [-0.2, 0) is 4.79 Å². The van der Waals surface area contributed by atoms with Crippen LogP contribution in [-0.4, -0.2) is 29.7 Å². The number of nitrogens with zero attached hydrogens (tertiary/aromatic N) is 1. The highest BCUT2D eigenvalue weighted by molar-refractivity contribution is 5.82. The van der Waals surface area contributed by atoms with Crippen LogP contribution in [0.4, 0.5) is 5.69 Å². The summed E-state index contributed by atoms with van der Waals surface area (Å²) in [6.45, 7) is 2.93. The Morgan fingerprint density at radius 2 is 1.82 bits per heavy atom. The molecular formula is C23H39N3O2. The predicted molar refractivity (Wildman–Crippen MR) is 116 cm³/mol. The lowest BCUT2D eigenvalue weighted by molar-refractivity contribution is -0.130. The first-order valence-corrected chi connectivity index (χ1v) is 11.2. The Morgan fingerprint density at radius 3 is 2.50 bits per heavy atom. The van der Waals surface area contributed by atoms with Crippen molar-refractivity contribution in [3.05, 3.63) is 30.3 Å². The van der Waals surface area contributed by atoms with Gasteiger partial charge in [-0.2, -0.15) is 0 Å². The summed E-state index contributed by atoms with van der Waals surface area (Å²) in [5.41, 5.74) is 10.0. The monoisotopic (exact) mass is 389 g/mol. The maximum absolute atomic E-state index is 12.7. The first kappa shape index (κ1) is 22.7. The molecule has 0 aliphatic heterocycles. The molecule has 1 aliphatic carbocycles. The molecule has 0 saturated heterocycles. The number of rotatable bonds is 12. The molecule has 158 valence electrons. The number of anilines is 1. The zero-order valence-electron chi connectivity index (χ0n) is 17.5. The molecule has 0 bridgehead atoms. The molecular weight excluding hydrogens is 350 g/mol.